The molecule has 0 aromatic carbocycles. The summed E-state index contributed by atoms with van der Waals surface area (Å²) in [6.07, 6.45) is 2.45. The molecule has 0 bridgehead atoms. The van der Waals surface area contributed by atoms with Gasteiger partial charge in [0.25, 0.3) is 0 Å². The molecule has 1 saturated heterocycles. The van der Waals surface area contributed by atoms with Crippen molar-refractivity contribution in [2.45, 2.75) is 26.7 Å². The van der Waals surface area contributed by atoms with E-state index in [1.165, 1.54) is 6.20 Å². The minimum atomic E-state index is -0.781. The van der Waals surface area contributed by atoms with Gasteiger partial charge in [-0.05, 0) is 26.2 Å². The second-order valence-electron chi connectivity index (χ2n) is 5.09. The maximum atomic E-state index is 11.7. The molecular weight excluding hydrogens is 274 g/mol. The zero-order valence-corrected chi connectivity index (χ0v) is 12.2. The Labute approximate surface area is 123 Å². The molecule has 1 aliphatic heterocycles. The van der Waals surface area contributed by atoms with Gasteiger partial charge in [0.2, 0.25) is 5.95 Å². The van der Waals surface area contributed by atoms with Gasteiger partial charge in [0.15, 0.2) is 0 Å². The highest BCUT2D eigenvalue weighted by Crippen LogP contribution is 2.23. The van der Waals surface area contributed by atoms with Crippen molar-refractivity contribution in [2.24, 2.45) is 5.92 Å². The number of carbonyl (C=O) groups excluding carboxylic acids is 1. The van der Waals surface area contributed by atoms with Gasteiger partial charge < -0.3 is 14.7 Å². The summed E-state index contributed by atoms with van der Waals surface area (Å²) in [6, 6.07) is 0. The Morgan fingerprint density at radius 3 is 2.90 bits per heavy atom. The van der Waals surface area contributed by atoms with E-state index in [-0.39, 0.29) is 12.3 Å². The zero-order chi connectivity index (χ0) is 15.4. The van der Waals surface area contributed by atoms with Crippen LogP contribution >= 0.6 is 0 Å². The molecule has 21 heavy (non-hydrogen) atoms. The van der Waals surface area contributed by atoms with E-state index in [2.05, 4.69) is 9.97 Å². The number of carboxylic acids is 1. The number of rotatable bonds is 5. The molecule has 114 valence electrons. The second kappa shape index (κ2) is 6.51. The predicted octanol–water partition coefficient (Wildman–Crippen LogP) is 1.26. The van der Waals surface area contributed by atoms with E-state index in [1.807, 2.05) is 4.90 Å². The number of hydrogen-bond acceptors (Lipinski definition) is 6. The number of hydrogen-bond donors (Lipinski definition) is 1. The molecule has 1 fully saturated rings. The Bertz CT molecular complexity index is 547. The SMILES string of the molecule is CCOC(=O)c1cnc(N2CCC(CC(=O)O)C2)nc1C. The van der Waals surface area contributed by atoms with Gasteiger partial charge in [-0.15, -0.1) is 0 Å². The van der Waals surface area contributed by atoms with Crippen LogP contribution in [0.1, 0.15) is 35.8 Å². The van der Waals surface area contributed by atoms with Crippen molar-refractivity contribution < 1.29 is 19.4 Å². The summed E-state index contributed by atoms with van der Waals surface area (Å²) in [5, 5.41) is 8.82. The number of carboxylic acid groups (broad SMARTS) is 1. The highest BCUT2D eigenvalue weighted by atomic mass is 16.5. The standard InChI is InChI=1S/C14H19N3O4/c1-3-21-13(20)11-7-15-14(16-9(11)2)17-5-4-10(8-17)6-12(18)19/h7,10H,3-6,8H2,1-2H3,(H,18,19). The lowest BCUT2D eigenvalue weighted by Crippen LogP contribution is -2.23. The maximum absolute atomic E-state index is 11.7. The number of ether oxygens (including phenoxy) is 1. The molecule has 7 nitrogen and oxygen atoms in total. The number of aryl methyl sites for hydroxylation is 1. The summed E-state index contributed by atoms with van der Waals surface area (Å²) in [6.45, 7) is 5.15. The molecule has 7 heteroatoms. The summed E-state index contributed by atoms with van der Waals surface area (Å²) in [4.78, 5) is 32.9. The van der Waals surface area contributed by atoms with Crippen molar-refractivity contribution in [1.82, 2.24) is 9.97 Å². The third-order valence-corrected chi connectivity index (χ3v) is 3.49. The monoisotopic (exact) mass is 293 g/mol. The van der Waals surface area contributed by atoms with E-state index >= 15 is 0 Å². The largest absolute Gasteiger partial charge is 0.481 e. The first-order valence-electron chi connectivity index (χ1n) is 6.98. The Hall–Kier alpha value is -2.18. The first-order valence-corrected chi connectivity index (χ1v) is 6.98. The van der Waals surface area contributed by atoms with Crippen molar-refractivity contribution in [1.29, 1.82) is 0 Å². The van der Waals surface area contributed by atoms with Crippen LogP contribution < -0.4 is 4.90 Å². The molecule has 1 aromatic rings. The minimum Gasteiger partial charge on any atom is -0.481 e. The molecule has 0 saturated carbocycles. The lowest BCUT2D eigenvalue weighted by molar-refractivity contribution is -0.137. The molecular formula is C14H19N3O4. The van der Waals surface area contributed by atoms with E-state index in [9.17, 15) is 9.59 Å². The average Bonchev–Trinajstić information content (AvgIpc) is 2.86. The van der Waals surface area contributed by atoms with Crippen LogP contribution in [0, 0.1) is 12.8 Å². The number of nitrogens with zero attached hydrogens (tertiary/aromatic N) is 3. The number of anilines is 1. The summed E-state index contributed by atoms with van der Waals surface area (Å²) in [7, 11) is 0. The van der Waals surface area contributed by atoms with Gasteiger partial charge in [-0.3, -0.25) is 4.79 Å². The van der Waals surface area contributed by atoms with Gasteiger partial charge in [0, 0.05) is 25.7 Å². The van der Waals surface area contributed by atoms with E-state index < -0.39 is 11.9 Å². The van der Waals surface area contributed by atoms with E-state index in [1.54, 1.807) is 13.8 Å². The molecule has 0 spiro atoms. The average molecular weight is 293 g/mol. The van der Waals surface area contributed by atoms with E-state index in [0.717, 1.165) is 13.0 Å². The van der Waals surface area contributed by atoms with Gasteiger partial charge in [-0.2, -0.15) is 0 Å². The van der Waals surface area contributed by atoms with E-state index in [4.69, 9.17) is 9.84 Å². The molecule has 1 unspecified atom stereocenters. The van der Waals surface area contributed by atoms with Crippen LogP contribution in [0.2, 0.25) is 0 Å². The van der Waals surface area contributed by atoms with Crippen molar-refractivity contribution in [2.75, 3.05) is 24.6 Å². The maximum Gasteiger partial charge on any atom is 0.341 e. The van der Waals surface area contributed by atoms with Crippen LogP contribution in [0.15, 0.2) is 6.20 Å². The Balaban J connectivity index is 2.07. The van der Waals surface area contributed by atoms with Gasteiger partial charge in [0.05, 0.1) is 17.9 Å². The van der Waals surface area contributed by atoms with Crippen LogP contribution in [-0.2, 0) is 9.53 Å². The molecule has 2 heterocycles. The molecule has 0 radical (unpaired) electrons. The molecule has 1 atom stereocenters. The Kier molecular flexibility index (Phi) is 4.72. The summed E-state index contributed by atoms with van der Waals surface area (Å²) in [5.74, 6) is -0.548. The topological polar surface area (TPSA) is 92.6 Å². The first-order chi connectivity index (χ1) is 10.0. The van der Waals surface area contributed by atoms with E-state index in [0.29, 0.717) is 30.4 Å². The summed E-state index contributed by atoms with van der Waals surface area (Å²) >= 11 is 0. The quantitative estimate of drug-likeness (QED) is 0.817. The molecule has 1 aromatic heterocycles. The third-order valence-electron chi connectivity index (χ3n) is 3.49. The molecule has 0 aliphatic carbocycles. The third kappa shape index (κ3) is 3.68. The molecule has 1 N–H and O–H groups in total. The number of carbonyl (C=O) groups is 2. The van der Waals surface area contributed by atoms with Gasteiger partial charge in [0.1, 0.15) is 0 Å². The molecule has 0 amide bonds. The van der Waals surface area contributed by atoms with Crippen molar-refractivity contribution in [3.8, 4) is 0 Å². The van der Waals surface area contributed by atoms with Crippen molar-refractivity contribution >= 4 is 17.9 Å². The highest BCUT2D eigenvalue weighted by Gasteiger charge is 2.26. The fourth-order valence-electron chi connectivity index (χ4n) is 2.44. The zero-order valence-electron chi connectivity index (χ0n) is 12.2. The van der Waals surface area contributed by atoms with Crippen molar-refractivity contribution in [3.05, 3.63) is 17.5 Å². The normalized spacial score (nSPS) is 17.8. The molecule has 1 aliphatic rings. The Morgan fingerprint density at radius 2 is 2.29 bits per heavy atom. The number of aromatic nitrogens is 2. The first kappa shape index (κ1) is 15.2. The van der Waals surface area contributed by atoms with Crippen LogP contribution in [0.3, 0.4) is 0 Å². The fourth-order valence-corrected chi connectivity index (χ4v) is 2.44. The summed E-state index contributed by atoms with van der Waals surface area (Å²) in [5.41, 5.74) is 0.932. The predicted molar refractivity (Wildman–Crippen MR) is 75.3 cm³/mol. The van der Waals surface area contributed by atoms with Crippen LogP contribution in [0.4, 0.5) is 5.95 Å². The van der Waals surface area contributed by atoms with Gasteiger partial charge in [-0.25, -0.2) is 14.8 Å². The lowest BCUT2D eigenvalue weighted by atomic mass is 10.1. The van der Waals surface area contributed by atoms with Crippen LogP contribution in [0.5, 0.6) is 0 Å². The van der Waals surface area contributed by atoms with Gasteiger partial charge in [-0.1, -0.05) is 0 Å². The minimum absolute atomic E-state index is 0.121. The smallest absolute Gasteiger partial charge is 0.341 e. The second-order valence-corrected chi connectivity index (χ2v) is 5.09. The molecule has 2 rings (SSSR count). The summed E-state index contributed by atoms with van der Waals surface area (Å²) < 4.78 is 4.94. The lowest BCUT2D eigenvalue weighted by Gasteiger charge is -2.17. The van der Waals surface area contributed by atoms with Gasteiger partial charge >= 0.3 is 11.9 Å². The van der Waals surface area contributed by atoms with Crippen LogP contribution in [0.25, 0.3) is 0 Å². The fraction of sp³-hybridized carbons (Fsp3) is 0.571. The van der Waals surface area contributed by atoms with Crippen molar-refractivity contribution in [3.63, 3.8) is 0 Å². The Morgan fingerprint density at radius 1 is 1.52 bits per heavy atom. The highest BCUT2D eigenvalue weighted by molar-refractivity contribution is 5.90. The number of esters is 1. The number of aliphatic carboxylic acids is 1. The van der Waals surface area contributed by atoms with Crippen LogP contribution in [-0.4, -0.2) is 46.7 Å².